The van der Waals surface area contributed by atoms with Crippen LogP contribution in [0, 0.1) is 13.8 Å². The molecule has 1 aromatic heterocycles. The van der Waals surface area contributed by atoms with Crippen molar-refractivity contribution < 1.29 is 13.9 Å². The van der Waals surface area contributed by atoms with Gasteiger partial charge >= 0.3 is 5.63 Å². The number of rotatable bonds is 7. The van der Waals surface area contributed by atoms with Crippen LogP contribution in [0.3, 0.4) is 0 Å². The molecule has 0 aliphatic carbocycles. The number of hydrogen-bond acceptors (Lipinski definition) is 5. The minimum absolute atomic E-state index is 0.143. The van der Waals surface area contributed by atoms with Crippen molar-refractivity contribution in [1.82, 2.24) is 4.90 Å². The van der Waals surface area contributed by atoms with Gasteiger partial charge in [-0.3, -0.25) is 9.69 Å². The Morgan fingerprint density at radius 3 is 2.66 bits per heavy atom. The highest BCUT2D eigenvalue weighted by Crippen LogP contribution is 2.25. The highest BCUT2D eigenvalue weighted by Gasteiger charge is 2.15. The van der Waals surface area contributed by atoms with Gasteiger partial charge in [-0.15, -0.1) is 0 Å². The Kier molecular flexibility index (Phi) is 6.34. The zero-order valence-electron chi connectivity index (χ0n) is 17.2. The van der Waals surface area contributed by atoms with E-state index in [1.807, 2.05) is 49.9 Å². The number of ether oxygens (including phenoxy) is 1. The van der Waals surface area contributed by atoms with Crippen LogP contribution in [0.1, 0.15) is 23.6 Å². The summed E-state index contributed by atoms with van der Waals surface area (Å²) in [5.41, 5.74) is 3.75. The number of benzene rings is 2. The highest BCUT2D eigenvalue weighted by molar-refractivity contribution is 5.93. The zero-order valence-corrected chi connectivity index (χ0v) is 17.2. The van der Waals surface area contributed by atoms with Gasteiger partial charge in [-0.1, -0.05) is 31.2 Å². The third kappa shape index (κ3) is 4.66. The third-order valence-electron chi connectivity index (χ3n) is 5.11. The molecule has 3 rings (SSSR count). The fraction of sp³-hybridized carbons (Fsp3) is 0.304. The van der Waals surface area contributed by atoms with Gasteiger partial charge in [0.1, 0.15) is 11.3 Å². The van der Waals surface area contributed by atoms with Crippen LogP contribution in [0.25, 0.3) is 11.0 Å². The van der Waals surface area contributed by atoms with Gasteiger partial charge in [0.05, 0.1) is 19.3 Å². The maximum absolute atomic E-state index is 12.6. The van der Waals surface area contributed by atoms with E-state index >= 15 is 0 Å². The molecule has 152 valence electrons. The van der Waals surface area contributed by atoms with Crippen LogP contribution in [0.4, 0.5) is 5.69 Å². The molecule has 0 aliphatic heterocycles. The Labute approximate surface area is 170 Å². The summed E-state index contributed by atoms with van der Waals surface area (Å²) >= 11 is 0. The molecule has 0 fully saturated rings. The number of anilines is 1. The highest BCUT2D eigenvalue weighted by atomic mass is 16.5. The van der Waals surface area contributed by atoms with Crippen LogP contribution >= 0.6 is 0 Å². The van der Waals surface area contributed by atoms with E-state index in [1.54, 1.807) is 19.2 Å². The Bertz CT molecular complexity index is 1090. The van der Waals surface area contributed by atoms with E-state index in [2.05, 4.69) is 5.32 Å². The molecule has 0 bridgehead atoms. The van der Waals surface area contributed by atoms with Crippen molar-refractivity contribution in [2.75, 3.05) is 25.5 Å². The molecule has 0 saturated heterocycles. The van der Waals surface area contributed by atoms with Gasteiger partial charge in [-0.25, -0.2) is 4.79 Å². The van der Waals surface area contributed by atoms with Gasteiger partial charge in [-0.05, 0) is 49.2 Å². The fourth-order valence-electron chi connectivity index (χ4n) is 3.32. The third-order valence-corrected chi connectivity index (χ3v) is 5.11. The van der Waals surface area contributed by atoms with E-state index in [4.69, 9.17) is 9.15 Å². The van der Waals surface area contributed by atoms with Crippen molar-refractivity contribution >= 4 is 22.6 Å². The molecule has 0 aliphatic rings. The van der Waals surface area contributed by atoms with Crippen molar-refractivity contribution in [3.8, 4) is 5.75 Å². The van der Waals surface area contributed by atoms with Crippen molar-refractivity contribution in [1.29, 1.82) is 0 Å². The molecule has 0 spiro atoms. The number of nitrogens with one attached hydrogen (secondary N) is 1. The Balaban J connectivity index is 1.80. The predicted octanol–water partition coefficient (Wildman–Crippen LogP) is 3.88. The molecule has 0 unspecified atom stereocenters. The summed E-state index contributed by atoms with van der Waals surface area (Å²) < 4.78 is 10.7. The maximum Gasteiger partial charge on any atom is 0.336 e. The molecule has 6 heteroatoms. The molecule has 0 saturated carbocycles. The minimum atomic E-state index is -0.379. The molecule has 1 amide bonds. The number of aryl methyl sites for hydroxylation is 2. The number of para-hydroxylation sites is 2. The van der Waals surface area contributed by atoms with E-state index in [-0.39, 0.29) is 18.1 Å². The molecule has 3 aromatic rings. The second kappa shape index (κ2) is 8.92. The summed E-state index contributed by atoms with van der Waals surface area (Å²) in [4.78, 5) is 26.7. The maximum atomic E-state index is 12.6. The molecule has 29 heavy (non-hydrogen) atoms. The van der Waals surface area contributed by atoms with E-state index in [0.717, 1.165) is 22.1 Å². The molecule has 2 aromatic carbocycles. The summed E-state index contributed by atoms with van der Waals surface area (Å²) in [5, 5.41) is 3.79. The smallest absolute Gasteiger partial charge is 0.336 e. The first kappa shape index (κ1) is 20.6. The lowest BCUT2D eigenvalue weighted by Gasteiger charge is -2.21. The van der Waals surface area contributed by atoms with Crippen molar-refractivity contribution in [2.24, 2.45) is 0 Å². The average Bonchev–Trinajstić information content (AvgIpc) is 2.70. The average molecular weight is 394 g/mol. The molecule has 1 heterocycles. The van der Waals surface area contributed by atoms with E-state index in [9.17, 15) is 9.59 Å². The quantitative estimate of drug-likeness (QED) is 0.616. The molecule has 0 radical (unpaired) electrons. The number of fused-ring (bicyclic) bond motifs is 1. The SMILES string of the molecule is CCN(CC(=O)Nc1ccccc1OC)Cc1cc(=O)oc2c(C)c(C)ccc12. The Morgan fingerprint density at radius 1 is 1.17 bits per heavy atom. The van der Waals surface area contributed by atoms with Crippen molar-refractivity contribution in [3.05, 3.63) is 69.6 Å². The first-order valence-corrected chi connectivity index (χ1v) is 9.61. The number of hydrogen-bond donors (Lipinski definition) is 1. The summed E-state index contributed by atoms with van der Waals surface area (Å²) in [6.07, 6.45) is 0. The van der Waals surface area contributed by atoms with Gasteiger partial charge in [0.2, 0.25) is 5.91 Å². The standard InChI is InChI=1S/C23H26N2O4/c1-5-25(14-21(26)24-19-8-6-7-9-20(19)28-4)13-17-12-22(27)29-23-16(3)15(2)10-11-18(17)23/h6-12H,5,13-14H2,1-4H3,(H,24,26). The van der Waals surface area contributed by atoms with Gasteiger partial charge in [0, 0.05) is 18.0 Å². The van der Waals surface area contributed by atoms with E-state index in [1.165, 1.54) is 6.07 Å². The molecule has 1 N–H and O–H groups in total. The van der Waals surface area contributed by atoms with E-state index < -0.39 is 0 Å². The van der Waals surface area contributed by atoms with Crippen LogP contribution in [0.15, 0.2) is 51.7 Å². The lowest BCUT2D eigenvalue weighted by Crippen LogP contribution is -2.33. The first-order valence-electron chi connectivity index (χ1n) is 9.61. The van der Waals surface area contributed by atoms with Crippen LogP contribution in [0.2, 0.25) is 0 Å². The largest absolute Gasteiger partial charge is 0.495 e. The summed E-state index contributed by atoms with van der Waals surface area (Å²) in [7, 11) is 1.57. The van der Waals surface area contributed by atoms with Crippen LogP contribution < -0.4 is 15.7 Å². The number of methoxy groups -OCH3 is 1. The summed E-state index contributed by atoms with van der Waals surface area (Å²) in [6, 6.07) is 12.8. The van der Waals surface area contributed by atoms with Gasteiger partial charge in [0.25, 0.3) is 0 Å². The number of amides is 1. The minimum Gasteiger partial charge on any atom is -0.495 e. The monoisotopic (exact) mass is 394 g/mol. The molecular formula is C23H26N2O4. The van der Waals surface area contributed by atoms with Crippen LogP contribution in [0.5, 0.6) is 5.75 Å². The van der Waals surface area contributed by atoms with Crippen LogP contribution in [-0.4, -0.2) is 31.0 Å². The Morgan fingerprint density at radius 2 is 1.93 bits per heavy atom. The van der Waals surface area contributed by atoms with Crippen molar-refractivity contribution in [3.63, 3.8) is 0 Å². The molecule has 0 atom stereocenters. The number of carbonyl (C=O) groups excluding carboxylic acids is 1. The van der Waals surface area contributed by atoms with Gasteiger partial charge in [0.15, 0.2) is 0 Å². The normalized spacial score (nSPS) is 11.1. The predicted molar refractivity (Wildman–Crippen MR) is 115 cm³/mol. The van der Waals surface area contributed by atoms with E-state index in [0.29, 0.717) is 30.1 Å². The zero-order chi connectivity index (χ0) is 21.0. The summed E-state index contributed by atoms with van der Waals surface area (Å²) in [5.74, 6) is 0.469. The fourth-order valence-corrected chi connectivity index (χ4v) is 3.32. The Hall–Kier alpha value is -3.12. The number of likely N-dealkylation sites (N-methyl/N-ethyl adjacent to an activating group) is 1. The number of nitrogens with zero attached hydrogens (tertiary/aromatic N) is 1. The lowest BCUT2D eigenvalue weighted by molar-refractivity contribution is -0.117. The second-order valence-corrected chi connectivity index (χ2v) is 7.03. The second-order valence-electron chi connectivity index (χ2n) is 7.03. The van der Waals surface area contributed by atoms with Gasteiger partial charge < -0.3 is 14.5 Å². The van der Waals surface area contributed by atoms with Crippen LogP contribution in [-0.2, 0) is 11.3 Å². The van der Waals surface area contributed by atoms with Gasteiger partial charge in [-0.2, -0.15) is 0 Å². The molecular weight excluding hydrogens is 368 g/mol. The number of carbonyl (C=O) groups is 1. The first-order chi connectivity index (χ1) is 13.9. The topological polar surface area (TPSA) is 71.8 Å². The molecule has 6 nitrogen and oxygen atoms in total. The summed E-state index contributed by atoms with van der Waals surface area (Å²) in [6.45, 7) is 7.25. The lowest BCUT2D eigenvalue weighted by atomic mass is 10.0. The van der Waals surface area contributed by atoms with Crippen molar-refractivity contribution in [2.45, 2.75) is 27.3 Å².